The molecule has 2 aliphatic heterocycles. The molecule has 2 atom stereocenters. The Bertz CT molecular complexity index is 917. The van der Waals surface area contributed by atoms with Gasteiger partial charge in [-0.2, -0.15) is 0 Å². The number of ether oxygens (including phenoxy) is 1. The van der Waals surface area contributed by atoms with Gasteiger partial charge in [-0.15, -0.1) is 11.3 Å². The molecule has 0 aromatic carbocycles. The molecule has 5 nitrogen and oxygen atoms in total. The molecule has 0 N–H and O–H groups in total. The standard InChI is InChI=1S/C23H30N4OS/c1-2-6-17-14-27(13-16(17)5-1)22-21-18-7-3-4-8-19(18)29-23(21)25-20(24-22)15-26-9-11-28-12-10-26/h1-2,16-17H,3-15H2. The SMILES string of the molecule is C1=CCC2CN(c3nc(CN4CCOCC4)nc4sc5c(c34)CCCC5)CC2C1. The van der Waals surface area contributed by atoms with Crippen LogP contribution in [0.1, 0.15) is 41.9 Å². The number of fused-ring (bicyclic) bond motifs is 4. The van der Waals surface area contributed by atoms with Crippen molar-refractivity contribution in [3.63, 3.8) is 0 Å². The molecule has 2 aromatic heterocycles. The summed E-state index contributed by atoms with van der Waals surface area (Å²) in [5.74, 6) is 3.83. The number of allylic oxidation sites excluding steroid dienone is 2. The van der Waals surface area contributed by atoms with Crippen molar-refractivity contribution in [3.05, 3.63) is 28.4 Å². The van der Waals surface area contributed by atoms with Crippen LogP contribution in [0.15, 0.2) is 12.2 Å². The minimum Gasteiger partial charge on any atom is -0.379 e. The Balaban J connectivity index is 1.40. The molecule has 6 heteroatoms. The van der Waals surface area contributed by atoms with E-state index in [0.717, 1.165) is 63.6 Å². The number of hydrogen-bond acceptors (Lipinski definition) is 6. The molecule has 0 saturated carbocycles. The van der Waals surface area contributed by atoms with E-state index in [0.29, 0.717) is 0 Å². The summed E-state index contributed by atoms with van der Waals surface area (Å²) in [7, 11) is 0. The second kappa shape index (κ2) is 7.64. The monoisotopic (exact) mass is 410 g/mol. The molecule has 2 saturated heterocycles. The molecular weight excluding hydrogens is 380 g/mol. The van der Waals surface area contributed by atoms with E-state index in [9.17, 15) is 0 Å². The van der Waals surface area contributed by atoms with Crippen LogP contribution in [0.25, 0.3) is 10.2 Å². The molecule has 2 unspecified atom stereocenters. The molecule has 0 radical (unpaired) electrons. The fourth-order valence-corrected chi connectivity index (χ4v) is 6.90. The topological polar surface area (TPSA) is 41.5 Å². The summed E-state index contributed by atoms with van der Waals surface area (Å²) in [6, 6.07) is 0. The average molecular weight is 411 g/mol. The molecule has 154 valence electrons. The number of thiophene rings is 1. The van der Waals surface area contributed by atoms with Crippen LogP contribution >= 0.6 is 11.3 Å². The fourth-order valence-electron chi connectivity index (χ4n) is 5.63. The first-order chi connectivity index (χ1) is 14.3. The summed E-state index contributed by atoms with van der Waals surface area (Å²) < 4.78 is 5.53. The van der Waals surface area contributed by atoms with Crippen molar-refractivity contribution < 1.29 is 4.74 Å². The first kappa shape index (κ1) is 18.3. The maximum Gasteiger partial charge on any atom is 0.146 e. The molecule has 4 heterocycles. The lowest BCUT2D eigenvalue weighted by molar-refractivity contribution is 0.0331. The van der Waals surface area contributed by atoms with E-state index in [2.05, 4.69) is 22.0 Å². The fraction of sp³-hybridized carbons (Fsp3) is 0.652. The Kier molecular flexibility index (Phi) is 4.82. The van der Waals surface area contributed by atoms with Gasteiger partial charge >= 0.3 is 0 Å². The number of aryl methyl sites for hydroxylation is 2. The predicted octanol–water partition coefficient (Wildman–Crippen LogP) is 3.80. The highest BCUT2D eigenvalue weighted by Crippen LogP contribution is 2.42. The van der Waals surface area contributed by atoms with Crippen LogP contribution < -0.4 is 4.90 Å². The van der Waals surface area contributed by atoms with Crippen molar-refractivity contribution in [3.8, 4) is 0 Å². The van der Waals surface area contributed by atoms with Gasteiger partial charge in [0, 0.05) is 31.1 Å². The lowest BCUT2D eigenvalue weighted by Gasteiger charge is -2.26. The van der Waals surface area contributed by atoms with Crippen LogP contribution in [0, 0.1) is 11.8 Å². The van der Waals surface area contributed by atoms with E-state index >= 15 is 0 Å². The van der Waals surface area contributed by atoms with Crippen molar-refractivity contribution in [1.82, 2.24) is 14.9 Å². The zero-order chi connectivity index (χ0) is 19.2. The van der Waals surface area contributed by atoms with Gasteiger partial charge in [-0.3, -0.25) is 4.90 Å². The van der Waals surface area contributed by atoms with Crippen molar-refractivity contribution in [2.45, 2.75) is 45.1 Å². The number of rotatable bonds is 3. The minimum atomic E-state index is 0.794. The number of aromatic nitrogens is 2. The van der Waals surface area contributed by atoms with E-state index in [4.69, 9.17) is 14.7 Å². The van der Waals surface area contributed by atoms with Crippen molar-refractivity contribution in [1.29, 1.82) is 0 Å². The Morgan fingerprint density at radius 3 is 2.55 bits per heavy atom. The van der Waals surface area contributed by atoms with Gasteiger partial charge in [-0.05, 0) is 55.9 Å². The second-order valence-corrected chi connectivity index (χ2v) is 10.2. The van der Waals surface area contributed by atoms with Gasteiger partial charge in [0.25, 0.3) is 0 Å². The van der Waals surface area contributed by atoms with Crippen LogP contribution in [0.3, 0.4) is 0 Å². The second-order valence-electron chi connectivity index (χ2n) is 9.11. The van der Waals surface area contributed by atoms with Crippen LogP contribution in [0.5, 0.6) is 0 Å². The Morgan fingerprint density at radius 2 is 1.76 bits per heavy atom. The first-order valence-electron chi connectivity index (χ1n) is 11.4. The van der Waals surface area contributed by atoms with Gasteiger partial charge in [-0.1, -0.05) is 12.2 Å². The summed E-state index contributed by atoms with van der Waals surface area (Å²) in [5, 5.41) is 1.39. The zero-order valence-corrected chi connectivity index (χ0v) is 17.9. The zero-order valence-electron chi connectivity index (χ0n) is 17.1. The summed E-state index contributed by atoms with van der Waals surface area (Å²) in [4.78, 5) is 18.2. The highest BCUT2D eigenvalue weighted by atomic mass is 32.1. The van der Waals surface area contributed by atoms with E-state index < -0.39 is 0 Å². The number of hydrogen-bond donors (Lipinski definition) is 0. The largest absolute Gasteiger partial charge is 0.379 e. The van der Waals surface area contributed by atoms with Crippen molar-refractivity contribution in [2.24, 2.45) is 11.8 Å². The van der Waals surface area contributed by atoms with Crippen LogP contribution in [0.2, 0.25) is 0 Å². The van der Waals surface area contributed by atoms with Gasteiger partial charge in [0.05, 0.1) is 25.1 Å². The maximum atomic E-state index is 5.53. The van der Waals surface area contributed by atoms with Crippen LogP contribution in [-0.2, 0) is 24.1 Å². The van der Waals surface area contributed by atoms with Crippen molar-refractivity contribution in [2.75, 3.05) is 44.3 Å². The third kappa shape index (κ3) is 3.39. The summed E-state index contributed by atoms with van der Waals surface area (Å²) in [6.45, 7) is 6.77. The molecule has 2 fully saturated rings. The molecule has 29 heavy (non-hydrogen) atoms. The van der Waals surface area contributed by atoms with Gasteiger partial charge in [-0.25, -0.2) is 9.97 Å². The Hall–Kier alpha value is -1.50. The van der Waals surface area contributed by atoms with Crippen LogP contribution in [-0.4, -0.2) is 54.3 Å². The molecular formula is C23H30N4OS. The highest BCUT2D eigenvalue weighted by Gasteiger charge is 2.35. The van der Waals surface area contributed by atoms with Crippen molar-refractivity contribution >= 4 is 27.4 Å². The Morgan fingerprint density at radius 1 is 1.00 bits per heavy atom. The van der Waals surface area contributed by atoms with Crippen LogP contribution in [0.4, 0.5) is 5.82 Å². The minimum absolute atomic E-state index is 0.794. The predicted molar refractivity (Wildman–Crippen MR) is 118 cm³/mol. The first-order valence-corrected chi connectivity index (χ1v) is 12.2. The third-order valence-electron chi connectivity index (χ3n) is 7.23. The van der Waals surface area contributed by atoms with Gasteiger partial charge in [0.1, 0.15) is 16.5 Å². The lowest BCUT2D eigenvalue weighted by Crippen LogP contribution is -2.36. The van der Waals surface area contributed by atoms with E-state index in [1.807, 2.05) is 11.3 Å². The lowest BCUT2D eigenvalue weighted by atomic mass is 9.86. The molecule has 2 aromatic rings. The number of anilines is 1. The molecule has 4 aliphatic rings. The molecule has 6 rings (SSSR count). The molecule has 2 aliphatic carbocycles. The smallest absolute Gasteiger partial charge is 0.146 e. The Labute approximate surface area is 176 Å². The maximum absolute atomic E-state index is 5.53. The molecule has 0 bridgehead atoms. The number of morpholine rings is 1. The number of nitrogens with zero attached hydrogens (tertiary/aromatic N) is 4. The molecule has 0 amide bonds. The summed E-state index contributed by atoms with van der Waals surface area (Å²) >= 11 is 1.94. The summed E-state index contributed by atoms with van der Waals surface area (Å²) in [5.41, 5.74) is 1.57. The van der Waals surface area contributed by atoms with Gasteiger partial charge in [0.2, 0.25) is 0 Å². The average Bonchev–Trinajstić information content (AvgIpc) is 3.35. The van der Waals surface area contributed by atoms with Gasteiger partial charge in [0.15, 0.2) is 0 Å². The quantitative estimate of drug-likeness (QED) is 0.720. The van der Waals surface area contributed by atoms with E-state index in [-0.39, 0.29) is 0 Å². The highest BCUT2D eigenvalue weighted by molar-refractivity contribution is 7.19. The summed E-state index contributed by atoms with van der Waals surface area (Å²) in [6.07, 6.45) is 12.3. The normalized spacial score (nSPS) is 27.4. The van der Waals surface area contributed by atoms with Gasteiger partial charge < -0.3 is 9.64 Å². The third-order valence-corrected chi connectivity index (χ3v) is 8.42. The molecule has 0 spiro atoms. The van der Waals surface area contributed by atoms with E-state index in [1.165, 1.54) is 54.6 Å². The van der Waals surface area contributed by atoms with E-state index in [1.54, 1.807) is 10.4 Å².